The van der Waals surface area contributed by atoms with Gasteiger partial charge in [-0.1, -0.05) is 6.92 Å². The molecular formula is C11H20N2O2. The van der Waals surface area contributed by atoms with Crippen LogP contribution < -0.4 is 5.32 Å². The van der Waals surface area contributed by atoms with Gasteiger partial charge in [-0.15, -0.1) is 0 Å². The molecule has 0 aromatic rings. The number of aliphatic hydroxyl groups is 1. The highest BCUT2D eigenvalue weighted by Gasteiger charge is 2.31. The summed E-state index contributed by atoms with van der Waals surface area (Å²) in [5.41, 5.74) is -0.937. The summed E-state index contributed by atoms with van der Waals surface area (Å²) in [4.78, 5) is 11.7. The molecule has 0 aliphatic rings. The molecule has 2 atom stereocenters. The smallest absolute Gasteiger partial charge is 0.240 e. The molecule has 0 heterocycles. The summed E-state index contributed by atoms with van der Waals surface area (Å²) in [5, 5.41) is 20.3. The quantitative estimate of drug-likeness (QED) is 0.695. The Kier molecular flexibility index (Phi) is 5.95. The Bertz CT molecular complexity index is 247. The van der Waals surface area contributed by atoms with Gasteiger partial charge >= 0.3 is 0 Å². The Morgan fingerprint density at radius 2 is 2.27 bits per heavy atom. The molecule has 0 aromatic heterocycles. The van der Waals surface area contributed by atoms with Gasteiger partial charge < -0.3 is 10.4 Å². The maximum Gasteiger partial charge on any atom is 0.240 e. The van der Waals surface area contributed by atoms with Crippen LogP contribution >= 0.6 is 0 Å². The van der Waals surface area contributed by atoms with Crippen LogP contribution in [0.25, 0.3) is 0 Å². The fourth-order valence-corrected chi connectivity index (χ4v) is 1.14. The lowest BCUT2D eigenvalue weighted by atomic mass is 9.88. The van der Waals surface area contributed by atoms with Crippen LogP contribution in [0, 0.1) is 16.7 Å². The van der Waals surface area contributed by atoms with Gasteiger partial charge in [-0.25, -0.2) is 0 Å². The zero-order valence-corrected chi connectivity index (χ0v) is 9.71. The SMILES string of the molecule is CCC(C)(C#N)C(=O)NC(C)CCCO. The van der Waals surface area contributed by atoms with E-state index in [0.717, 1.165) is 6.42 Å². The Morgan fingerprint density at radius 1 is 1.67 bits per heavy atom. The molecule has 0 saturated carbocycles. The van der Waals surface area contributed by atoms with Crippen LogP contribution in [0.2, 0.25) is 0 Å². The van der Waals surface area contributed by atoms with E-state index in [1.807, 2.05) is 19.9 Å². The van der Waals surface area contributed by atoms with Gasteiger partial charge in [0.2, 0.25) is 5.91 Å². The van der Waals surface area contributed by atoms with Gasteiger partial charge in [0.25, 0.3) is 0 Å². The van der Waals surface area contributed by atoms with E-state index >= 15 is 0 Å². The van der Waals surface area contributed by atoms with E-state index in [1.165, 1.54) is 0 Å². The summed E-state index contributed by atoms with van der Waals surface area (Å²) in [6, 6.07) is 2.03. The van der Waals surface area contributed by atoms with Crippen molar-refractivity contribution in [2.24, 2.45) is 5.41 Å². The van der Waals surface area contributed by atoms with Crippen LogP contribution in [0.5, 0.6) is 0 Å². The van der Waals surface area contributed by atoms with Gasteiger partial charge in [0.1, 0.15) is 5.41 Å². The van der Waals surface area contributed by atoms with E-state index in [4.69, 9.17) is 10.4 Å². The van der Waals surface area contributed by atoms with E-state index in [1.54, 1.807) is 6.92 Å². The molecule has 2 N–H and O–H groups in total. The van der Waals surface area contributed by atoms with E-state index in [0.29, 0.717) is 12.8 Å². The highest BCUT2D eigenvalue weighted by atomic mass is 16.2. The number of aliphatic hydroxyl groups excluding tert-OH is 1. The zero-order chi connectivity index (χ0) is 11.9. The first kappa shape index (κ1) is 13.9. The summed E-state index contributed by atoms with van der Waals surface area (Å²) >= 11 is 0. The lowest BCUT2D eigenvalue weighted by Crippen LogP contribution is -2.42. The van der Waals surface area contributed by atoms with Crippen LogP contribution in [0.15, 0.2) is 0 Å². The topological polar surface area (TPSA) is 73.1 Å². The minimum Gasteiger partial charge on any atom is -0.396 e. The second-order valence-corrected chi connectivity index (χ2v) is 4.04. The Morgan fingerprint density at radius 3 is 2.67 bits per heavy atom. The number of carbonyl (C=O) groups is 1. The summed E-state index contributed by atoms with van der Waals surface area (Å²) < 4.78 is 0. The fraction of sp³-hybridized carbons (Fsp3) is 0.818. The first-order valence-electron chi connectivity index (χ1n) is 5.33. The van der Waals surface area contributed by atoms with Gasteiger partial charge in [-0.3, -0.25) is 4.79 Å². The monoisotopic (exact) mass is 212 g/mol. The molecular weight excluding hydrogens is 192 g/mol. The Hall–Kier alpha value is -1.08. The number of carbonyl (C=O) groups excluding carboxylic acids is 1. The van der Waals surface area contributed by atoms with Crippen LogP contribution in [0.3, 0.4) is 0 Å². The third-order valence-electron chi connectivity index (χ3n) is 2.63. The maximum atomic E-state index is 11.7. The second kappa shape index (κ2) is 6.41. The molecule has 0 spiro atoms. The van der Waals surface area contributed by atoms with E-state index in [9.17, 15) is 4.79 Å². The van der Waals surface area contributed by atoms with Crippen molar-refractivity contribution in [3.05, 3.63) is 0 Å². The number of amides is 1. The molecule has 1 amide bonds. The molecule has 0 rings (SSSR count). The van der Waals surface area contributed by atoms with E-state index < -0.39 is 5.41 Å². The lowest BCUT2D eigenvalue weighted by Gasteiger charge is -2.22. The molecule has 0 aromatic carbocycles. The van der Waals surface area contributed by atoms with Crippen molar-refractivity contribution in [2.75, 3.05) is 6.61 Å². The van der Waals surface area contributed by atoms with Crippen LogP contribution in [0.4, 0.5) is 0 Å². The van der Waals surface area contributed by atoms with Crippen molar-refractivity contribution < 1.29 is 9.90 Å². The van der Waals surface area contributed by atoms with Crippen molar-refractivity contribution >= 4 is 5.91 Å². The number of hydrogen-bond acceptors (Lipinski definition) is 3. The zero-order valence-electron chi connectivity index (χ0n) is 9.71. The molecule has 4 heteroatoms. The first-order chi connectivity index (χ1) is 7.00. The van der Waals surface area contributed by atoms with Crippen molar-refractivity contribution in [1.82, 2.24) is 5.32 Å². The largest absolute Gasteiger partial charge is 0.396 e. The molecule has 0 aliphatic carbocycles. The van der Waals surface area contributed by atoms with Gasteiger partial charge in [0, 0.05) is 12.6 Å². The van der Waals surface area contributed by atoms with Gasteiger partial charge in [0.15, 0.2) is 0 Å². The van der Waals surface area contributed by atoms with Crippen molar-refractivity contribution in [3.8, 4) is 6.07 Å². The highest BCUT2D eigenvalue weighted by molar-refractivity contribution is 5.85. The Balaban J connectivity index is 4.18. The normalized spacial score (nSPS) is 16.2. The van der Waals surface area contributed by atoms with E-state index in [2.05, 4.69) is 5.32 Å². The molecule has 0 fully saturated rings. The molecule has 4 nitrogen and oxygen atoms in total. The molecule has 15 heavy (non-hydrogen) atoms. The van der Waals surface area contributed by atoms with Gasteiger partial charge in [-0.05, 0) is 33.1 Å². The molecule has 0 saturated heterocycles. The minimum atomic E-state index is -0.937. The van der Waals surface area contributed by atoms with Crippen molar-refractivity contribution in [3.63, 3.8) is 0 Å². The number of rotatable bonds is 6. The summed E-state index contributed by atoms with van der Waals surface area (Å²) in [6.07, 6.45) is 1.90. The Labute approximate surface area is 91.3 Å². The van der Waals surface area contributed by atoms with Crippen LogP contribution in [-0.2, 0) is 4.79 Å². The summed E-state index contributed by atoms with van der Waals surface area (Å²) in [7, 11) is 0. The predicted octanol–water partition coefficient (Wildman–Crippen LogP) is 1.20. The van der Waals surface area contributed by atoms with Crippen LogP contribution in [0.1, 0.15) is 40.0 Å². The van der Waals surface area contributed by atoms with Crippen LogP contribution in [-0.4, -0.2) is 23.7 Å². The number of hydrogen-bond donors (Lipinski definition) is 2. The predicted molar refractivity (Wildman–Crippen MR) is 57.9 cm³/mol. The molecule has 0 radical (unpaired) electrons. The third kappa shape index (κ3) is 4.30. The maximum absolute atomic E-state index is 11.7. The summed E-state index contributed by atoms with van der Waals surface area (Å²) in [5.74, 6) is -0.224. The molecule has 2 unspecified atom stereocenters. The lowest BCUT2D eigenvalue weighted by molar-refractivity contribution is -0.128. The minimum absolute atomic E-state index is 0.00359. The third-order valence-corrected chi connectivity index (χ3v) is 2.63. The number of nitrogens with zero attached hydrogens (tertiary/aromatic N) is 1. The highest BCUT2D eigenvalue weighted by Crippen LogP contribution is 2.19. The van der Waals surface area contributed by atoms with Crippen molar-refractivity contribution in [1.29, 1.82) is 5.26 Å². The fourth-order valence-electron chi connectivity index (χ4n) is 1.14. The number of nitrogens with one attached hydrogen (secondary N) is 1. The summed E-state index contributed by atoms with van der Waals surface area (Å²) in [6.45, 7) is 5.47. The average Bonchev–Trinajstić information content (AvgIpc) is 2.24. The molecule has 0 aliphatic heterocycles. The van der Waals surface area contributed by atoms with E-state index in [-0.39, 0.29) is 18.6 Å². The second-order valence-electron chi connectivity index (χ2n) is 4.04. The molecule has 0 bridgehead atoms. The number of nitriles is 1. The first-order valence-corrected chi connectivity index (χ1v) is 5.33. The van der Waals surface area contributed by atoms with Gasteiger partial charge in [-0.2, -0.15) is 5.26 Å². The average molecular weight is 212 g/mol. The standard InChI is InChI=1S/C11H20N2O2/c1-4-11(3,8-12)10(15)13-9(2)6-5-7-14/h9,14H,4-7H2,1-3H3,(H,13,15). The molecule has 86 valence electrons. The van der Waals surface area contributed by atoms with Gasteiger partial charge in [0.05, 0.1) is 6.07 Å². The van der Waals surface area contributed by atoms with Crippen molar-refractivity contribution in [2.45, 2.75) is 46.1 Å².